The van der Waals surface area contributed by atoms with Gasteiger partial charge in [-0.1, -0.05) is 0 Å². The van der Waals surface area contributed by atoms with Gasteiger partial charge >= 0.3 is 0 Å². The number of carbonyl (C=O) groups is 1. The number of aromatic nitrogens is 2. The van der Waals surface area contributed by atoms with E-state index < -0.39 is 0 Å². The highest BCUT2D eigenvalue weighted by molar-refractivity contribution is 7.09. The van der Waals surface area contributed by atoms with Gasteiger partial charge in [-0.15, -0.1) is 11.3 Å². The van der Waals surface area contributed by atoms with Crippen molar-refractivity contribution in [3.8, 4) is 0 Å². The van der Waals surface area contributed by atoms with Crippen molar-refractivity contribution in [2.24, 2.45) is 0 Å². The summed E-state index contributed by atoms with van der Waals surface area (Å²) in [6, 6.07) is 4.07. The van der Waals surface area contributed by atoms with Gasteiger partial charge in [-0.3, -0.25) is 9.78 Å². The number of carbonyl (C=O) groups excluding carboxylic acids is 1. The lowest BCUT2D eigenvalue weighted by atomic mass is 10.1. The molecule has 0 spiro atoms. The first-order valence-corrected chi connectivity index (χ1v) is 8.79. The van der Waals surface area contributed by atoms with Crippen LogP contribution in [0.4, 0.5) is 0 Å². The summed E-state index contributed by atoms with van der Waals surface area (Å²) in [6.07, 6.45) is 9.51. The minimum absolute atomic E-state index is 0.227. The molecule has 5 heteroatoms. The summed E-state index contributed by atoms with van der Waals surface area (Å²) in [5, 5.41) is 3.14. The Bertz CT molecular complexity index is 605. The Morgan fingerprint density at radius 3 is 2.68 bits per heavy atom. The van der Waals surface area contributed by atoms with Gasteiger partial charge in [0.25, 0.3) is 0 Å². The zero-order chi connectivity index (χ0) is 15.2. The molecule has 3 rings (SSSR count). The van der Waals surface area contributed by atoms with E-state index in [4.69, 9.17) is 0 Å². The molecule has 0 radical (unpaired) electrons. The van der Waals surface area contributed by atoms with Gasteiger partial charge in [-0.2, -0.15) is 0 Å². The second-order valence-electron chi connectivity index (χ2n) is 5.71. The Morgan fingerprint density at radius 2 is 1.91 bits per heavy atom. The number of nitrogens with zero attached hydrogens (tertiary/aromatic N) is 3. The maximum atomic E-state index is 12.2. The van der Waals surface area contributed by atoms with Crippen molar-refractivity contribution in [3.05, 3.63) is 46.2 Å². The smallest absolute Gasteiger partial charge is 0.228 e. The van der Waals surface area contributed by atoms with Crippen molar-refractivity contribution < 1.29 is 4.79 Å². The largest absolute Gasteiger partial charge is 0.342 e. The Hall–Kier alpha value is -1.75. The third-order valence-corrected chi connectivity index (χ3v) is 4.97. The normalized spacial score (nSPS) is 15.0. The number of rotatable bonds is 5. The molecule has 1 aliphatic rings. The molecule has 2 aromatic rings. The minimum atomic E-state index is 0.227. The van der Waals surface area contributed by atoms with E-state index in [9.17, 15) is 4.79 Å². The third kappa shape index (κ3) is 4.13. The molecule has 1 fully saturated rings. The number of pyridine rings is 1. The van der Waals surface area contributed by atoms with Crippen LogP contribution in [0.2, 0.25) is 0 Å². The summed E-state index contributed by atoms with van der Waals surface area (Å²) in [5.41, 5.74) is 2.20. The van der Waals surface area contributed by atoms with E-state index in [2.05, 4.69) is 9.97 Å². The summed E-state index contributed by atoms with van der Waals surface area (Å²) in [7, 11) is 0. The van der Waals surface area contributed by atoms with Gasteiger partial charge < -0.3 is 4.90 Å². The molecule has 0 bridgehead atoms. The molecule has 0 N–H and O–H groups in total. The number of hydrogen-bond acceptors (Lipinski definition) is 4. The lowest BCUT2D eigenvalue weighted by molar-refractivity contribution is -0.131. The summed E-state index contributed by atoms with van der Waals surface area (Å²) in [6.45, 7) is 1.83. The van der Waals surface area contributed by atoms with Crippen LogP contribution in [-0.2, 0) is 24.1 Å². The Kier molecular flexibility index (Phi) is 5.16. The molecular weight excluding hydrogens is 294 g/mol. The zero-order valence-corrected chi connectivity index (χ0v) is 13.5. The molecule has 3 heterocycles. The number of piperidine rings is 1. The first-order valence-electron chi connectivity index (χ1n) is 7.91. The molecule has 2 aromatic heterocycles. The van der Waals surface area contributed by atoms with E-state index in [1.165, 1.54) is 12.0 Å². The Labute approximate surface area is 135 Å². The Morgan fingerprint density at radius 1 is 1.14 bits per heavy atom. The van der Waals surface area contributed by atoms with Crippen LogP contribution in [0.1, 0.15) is 35.5 Å². The highest BCUT2D eigenvalue weighted by Crippen LogP contribution is 2.15. The van der Waals surface area contributed by atoms with E-state index in [1.807, 2.05) is 34.8 Å². The average Bonchev–Trinajstić information content (AvgIpc) is 3.02. The van der Waals surface area contributed by atoms with Crippen molar-refractivity contribution in [1.82, 2.24) is 14.9 Å². The minimum Gasteiger partial charge on any atom is -0.342 e. The number of likely N-dealkylation sites (tertiary alicyclic amines) is 1. The van der Waals surface area contributed by atoms with E-state index in [1.54, 1.807) is 11.3 Å². The van der Waals surface area contributed by atoms with Crippen LogP contribution in [0.15, 0.2) is 29.9 Å². The molecule has 1 amide bonds. The fraction of sp³-hybridized carbons (Fsp3) is 0.471. The van der Waals surface area contributed by atoms with Crippen LogP contribution in [0.5, 0.6) is 0 Å². The fourth-order valence-corrected chi connectivity index (χ4v) is 3.55. The molecule has 0 aliphatic carbocycles. The van der Waals surface area contributed by atoms with Gasteiger partial charge in [0.15, 0.2) is 0 Å². The van der Waals surface area contributed by atoms with E-state index in [-0.39, 0.29) is 5.91 Å². The number of amides is 1. The van der Waals surface area contributed by atoms with E-state index in [0.717, 1.165) is 49.5 Å². The van der Waals surface area contributed by atoms with Crippen molar-refractivity contribution in [3.63, 3.8) is 0 Å². The first kappa shape index (κ1) is 15.2. The van der Waals surface area contributed by atoms with Gasteiger partial charge in [-0.05, 0) is 43.4 Å². The van der Waals surface area contributed by atoms with Crippen LogP contribution < -0.4 is 0 Å². The third-order valence-electron chi connectivity index (χ3n) is 4.02. The average molecular weight is 315 g/mol. The lowest BCUT2D eigenvalue weighted by Gasteiger charge is -2.26. The molecule has 0 aromatic carbocycles. The standard InChI is InChI=1S/C17H21N3OS/c21-17(20-10-2-1-3-11-20)12-15-13-22-16(19-15)5-4-14-6-8-18-9-7-14/h6-9,13H,1-5,10-12H2. The molecule has 1 aliphatic heterocycles. The molecule has 4 nitrogen and oxygen atoms in total. The van der Waals surface area contributed by atoms with Crippen LogP contribution >= 0.6 is 11.3 Å². The van der Waals surface area contributed by atoms with Crippen molar-refractivity contribution in [2.75, 3.05) is 13.1 Å². The molecular formula is C17H21N3OS. The molecule has 0 unspecified atom stereocenters. The van der Waals surface area contributed by atoms with Crippen LogP contribution in [0.3, 0.4) is 0 Å². The SMILES string of the molecule is O=C(Cc1csc(CCc2ccncc2)n1)N1CCCCC1. The van der Waals surface area contributed by atoms with Crippen molar-refractivity contribution in [1.29, 1.82) is 0 Å². The predicted octanol–water partition coefficient (Wildman–Crippen LogP) is 2.88. The van der Waals surface area contributed by atoms with Crippen LogP contribution in [-0.4, -0.2) is 33.9 Å². The van der Waals surface area contributed by atoms with Crippen molar-refractivity contribution in [2.45, 2.75) is 38.5 Å². The second-order valence-corrected chi connectivity index (χ2v) is 6.65. The van der Waals surface area contributed by atoms with Gasteiger partial charge in [0, 0.05) is 37.3 Å². The monoisotopic (exact) mass is 315 g/mol. The molecule has 0 saturated carbocycles. The van der Waals surface area contributed by atoms with Gasteiger partial charge in [0.05, 0.1) is 17.1 Å². The van der Waals surface area contributed by atoms with Gasteiger partial charge in [-0.25, -0.2) is 4.98 Å². The molecule has 0 atom stereocenters. The first-order chi connectivity index (χ1) is 10.8. The fourth-order valence-electron chi connectivity index (χ4n) is 2.76. The zero-order valence-electron chi connectivity index (χ0n) is 12.7. The molecule has 116 valence electrons. The number of hydrogen-bond donors (Lipinski definition) is 0. The van der Waals surface area contributed by atoms with Gasteiger partial charge in [0.2, 0.25) is 5.91 Å². The Balaban J connectivity index is 1.51. The number of aryl methyl sites for hydroxylation is 2. The highest BCUT2D eigenvalue weighted by Gasteiger charge is 2.17. The maximum absolute atomic E-state index is 12.2. The quantitative estimate of drug-likeness (QED) is 0.852. The van der Waals surface area contributed by atoms with Crippen LogP contribution in [0, 0.1) is 0 Å². The predicted molar refractivity (Wildman–Crippen MR) is 87.9 cm³/mol. The highest BCUT2D eigenvalue weighted by atomic mass is 32.1. The maximum Gasteiger partial charge on any atom is 0.228 e. The van der Waals surface area contributed by atoms with Crippen LogP contribution in [0.25, 0.3) is 0 Å². The lowest BCUT2D eigenvalue weighted by Crippen LogP contribution is -2.36. The summed E-state index contributed by atoms with van der Waals surface area (Å²) < 4.78 is 0. The summed E-state index contributed by atoms with van der Waals surface area (Å²) in [4.78, 5) is 22.9. The summed E-state index contributed by atoms with van der Waals surface area (Å²) >= 11 is 1.66. The molecule has 1 saturated heterocycles. The van der Waals surface area contributed by atoms with E-state index in [0.29, 0.717) is 6.42 Å². The number of thiazole rings is 1. The topological polar surface area (TPSA) is 46.1 Å². The van der Waals surface area contributed by atoms with Gasteiger partial charge in [0.1, 0.15) is 0 Å². The second kappa shape index (κ2) is 7.49. The molecule has 22 heavy (non-hydrogen) atoms. The summed E-state index contributed by atoms with van der Waals surface area (Å²) in [5.74, 6) is 0.227. The van der Waals surface area contributed by atoms with E-state index >= 15 is 0 Å². The van der Waals surface area contributed by atoms with Crippen molar-refractivity contribution >= 4 is 17.2 Å².